The van der Waals surface area contributed by atoms with Crippen molar-refractivity contribution >= 4 is 5.78 Å². The van der Waals surface area contributed by atoms with E-state index in [0.717, 1.165) is 25.2 Å². The third-order valence-corrected chi connectivity index (χ3v) is 3.59. The monoisotopic (exact) mass is 152 g/mol. The summed E-state index contributed by atoms with van der Waals surface area (Å²) in [6.45, 7) is 4.60. The van der Waals surface area contributed by atoms with Crippen LogP contribution >= 0.6 is 0 Å². The summed E-state index contributed by atoms with van der Waals surface area (Å²) < 4.78 is 0. The summed E-state index contributed by atoms with van der Waals surface area (Å²) >= 11 is 0. The smallest absolute Gasteiger partial charge is 0.136 e. The second kappa shape index (κ2) is 2.09. The van der Waals surface area contributed by atoms with Crippen LogP contribution < -0.4 is 0 Å². The molecule has 2 rings (SSSR count). The van der Waals surface area contributed by atoms with Gasteiger partial charge in [0.05, 0.1) is 0 Å². The van der Waals surface area contributed by atoms with Gasteiger partial charge in [0.1, 0.15) is 5.78 Å². The zero-order chi connectivity index (χ0) is 8.06. The Labute approximate surface area is 68.2 Å². The molecule has 1 heteroatoms. The van der Waals surface area contributed by atoms with Crippen LogP contribution in [0.25, 0.3) is 0 Å². The van der Waals surface area contributed by atoms with Crippen LogP contribution in [0.1, 0.15) is 39.5 Å². The summed E-state index contributed by atoms with van der Waals surface area (Å²) in [6, 6.07) is 0. The van der Waals surface area contributed by atoms with E-state index in [0.29, 0.717) is 17.1 Å². The van der Waals surface area contributed by atoms with Crippen LogP contribution in [0.15, 0.2) is 0 Å². The number of carbonyl (C=O) groups excluding carboxylic acids is 1. The summed E-state index contributed by atoms with van der Waals surface area (Å²) in [5.41, 5.74) is 0.473. The van der Waals surface area contributed by atoms with Crippen molar-refractivity contribution < 1.29 is 4.79 Å². The highest BCUT2D eigenvalue weighted by Gasteiger charge is 2.51. The molecule has 2 saturated carbocycles. The van der Waals surface area contributed by atoms with Crippen LogP contribution in [-0.2, 0) is 4.79 Å². The first kappa shape index (κ1) is 7.33. The van der Waals surface area contributed by atoms with E-state index in [1.54, 1.807) is 0 Å². The molecule has 2 fully saturated rings. The van der Waals surface area contributed by atoms with Gasteiger partial charge in [-0.1, -0.05) is 13.8 Å². The fraction of sp³-hybridized carbons (Fsp3) is 0.900. The Bertz CT molecular complexity index is 193. The van der Waals surface area contributed by atoms with Crippen molar-refractivity contribution in [3.63, 3.8) is 0 Å². The molecule has 0 spiro atoms. The molecule has 0 radical (unpaired) electrons. The van der Waals surface area contributed by atoms with Crippen molar-refractivity contribution in [1.29, 1.82) is 0 Å². The molecule has 11 heavy (non-hydrogen) atoms. The fourth-order valence-corrected chi connectivity index (χ4v) is 2.86. The third kappa shape index (κ3) is 0.935. The van der Waals surface area contributed by atoms with Crippen LogP contribution in [0, 0.1) is 17.3 Å². The molecule has 0 N–H and O–H groups in total. The van der Waals surface area contributed by atoms with E-state index in [-0.39, 0.29) is 0 Å². The minimum absolute atomic E-state index is 0.457. The topological polar surface area (TPSA) is 17.1 Å². The van der Waals surface area contributed by atoms with Crippen LogP contribution in [0.4, 0.5) is 0 Å². The van der Waals surface area contributed by atoms with Crippen LogP contribution in [0.5, 0.6) is 0 Å². The van der Waals surface area contributed by atoms with E-state index in [1.165, 1.54) is 6.42 Å². The van der Waals surface area contributed by atoms with Crippen molar-refractivity contribution in [3.8, 4) is 0 Å². The molecule has 0 aromatic carbocycles. The molecule has 0 aromatic heterocycles. The molecule has 0 amide bonds. The summed E-state index contributed by atoms with van der Waals surface area (Å²) in [7, 11) is 0. The Kier molecular flexibility index (Phi) is 1.39. The standard InChI is InChI=1S/C10H16O/c1-10(2)6-7-8(10)4-3-5-9(7)11/h7-8H,3-6H2,1-2H3. The van der Waals surface area contributed by atoms with Crippen molar-refractivity contribution in [3.05, 3.63) is 0 Å². The van der Waals surface area contributed by atoms with Crippen molar-refractivity contribution in [2.24, 2.45) is 17.3 Å². The molecule has 0 saturated heterocycles. The predicted octanol–water partition coefficient (Wildman–Crippen LogP) is 2.40. The average molecular weight is 152 g/mol. The van der Waals surface area contributed by atoms with Crippen LogP contribution in [-0.4, -0.2) is 5.78 Å². The molecule has 0 aromatic rings. The Morgan fingerprint density at radius 1 is 1.45 bits per heavy atom. The zero-order valence-corrected chi connectivity index (χ0v) is 7.39. The zero-order valence-electron chi connectivity index (χ0n) is 7.39. The highest BCUT2D eigenvalue weighted by Crippen LogP contribution is 2.55. The molecule has 0 bridgehead atoms. The molecule has 0 heterocycles. The first-order valence-corrected chi connectivity index (χ1v) is 4.64. The van der Waals surface area contributed by atoms with Gasteiger partial charge < -0.3 is 0 Å². The van der Waals surface area contributed by atoms with Gasteiger partial charge in [-0.25, -0.2) is 0 Å². The van der Waals surface area contributed by atoms with Gasteiger partial charge in [-0.05, 0) is 30.6 Å². The quantitative estimate of drug-likeness (QED) is 0.521. The number of ketones is 1. The molecule has 0 aliphatic heterocycles. The highest BCUT2D eigenvalue weighted by molar-refractivity contribution is 5.83. The lowest BCUT2D eigenvalue weighted by Crippen LogP contribution is -2.49. The Balaban J connectivity index is 2.11. The SMILES string of the molecule is CC1(C)CC2C(=O)CCCC21. The van der Waals surface area contributed by atoms with Gasteiger partial charge in [-0.2, -0.15) is 0 Å². The van der Waals surface area contributed by atoms with Gasteiger partial charge in [-0.3, -0.25) is 4.79 Å². The second-order valence-electron chi connectivity index (χ2n) is 4.76. The maximum atomic E-state index is 11.3. The fourth-order valence-electron chi connectivity index (χ4n) is 2.86. The lowest BCUT2D eigenvalue weighted by atomic mass is 9.51. The molecule has 62 valence electrons. The van der Waals surface area contributed by atoms with Gasteiger partial charge in [0.25, 0.3) is 0 Å². The number of rotatable bonds is 0. The first-order chi connectivity index (χ1) is 5.11. The van der Waals surface area contributed by atoms with E-state index in [1.807, 2.05) is 0 Å². The van der Waals surface area contributed by atoms with Gasteiger partial charge >= 0.3 is 0 Å². The maximum absolute atomic E-state index is 11.3. The third-order valence-electron chi connectivity index (χ3n) is 3.59. The summed E-state index contributed by atoms with van der Waals surface area (Å²) in [5, 5.41) is 0. The number of hydrogen-bond acceptors (Lipinski definition) is 1. The van der Waals surface area contributed by atoms with Crippen molar-refractivity contribution in [2.75, 3.05) is 0 Å². The molecule has 2 atom stereocenters. The maximum Gasteiger partial charge on any atom is 0.136 e. The highest BCUT2D eigenvalue weighted by atomic mass is 16.1. The first-order valence-electron chi connectivity index (χ1n) is 4.64. The molecular weight excluding hydrogens is 136 g/mol. The molecular formula is C10H16O. The number of carbonyl (C=O) groups is 1. The van der Waals surface area contributed by atoms with E-state index in [2.05, 4.69) is 13.8 Å². The van der Waals surface area contributed by atoms with E-state index < -0.39 is 0 Å². The molecule has 2 aliphatic carbocycles. The lowest BCUT2D eigenvalue weighted by molar-refractivity contribution is -0.141. The van der Waals surface area contributed by atoms with Gasteiger partial charge in [-0.15, -0.1) is 0 Å². The summed E-state index contributed by atoms with van der Waals surface area (Å²) in [5.74, 6) is 1.73. The van der Waals surface area contributed by atoms with Gasteiger partial charge in [0.15, 0.2) is 0 Å². The van der Waals surface area contributed by atoms with E-state index >= 15 is 0 Å². The van der Waals surface area contributed by atoms with Crippen molar-refractivity contribution in [1.82, 2.24) is 0 Å². The molecule has 2 unspecified atom stereocenters. The minimum Gasteiger partial charge on any atom is -0.299 e. The van der Waals surface area contributed by atoms with E-state index in [4.69, 9.17) is 0 Å². The lowest BCUT2D eigenvalue weighted by Gasteiger charge is -2.53. The van der Waals surface area contributed by atoms with E-state index in [9.17, 15) is 4.79 Å². The van der Waals surface area contributed by atoms with Gasteiger partial charge in [0.2, 0.25) is 0 Å². The Morgan fingerprint density at radius 2 is 2.18 bits per heavy atom. The van der Waals surface area contributed by atoms with Crippen molar-refractivity contribution in [2.45, 2.75) is 39.5 Å². The molecule has 2 aliphatic rings. The largest absolute Gasteiger partial charge is 0.299 e. The van der Waals surface area contributed by atoms with Gasteiger partial charge in [0, 0.05) is 12.3 Å². The van der Waals surface area contributed by atoms with Crippen LogP contribution in [0.2, 0.25) is 0 Å². The normalized spacial score (nSPS) is 41.1. The summed E-state index contributed by atoms with van der Waals surface area (Å²) in [6.07, 6.45) is 4.45. The Hall–Kier alpha value is -0.330. The minimum atomic E-state index is 0.457. The Morgan fingerprint density at radius 3 is 2.73 bits per heavy atom. The molecule has 1 nitrogen and oxygen atoms in total. The average Bonchev–Trinajstić information content (AvgIpc) is 1.92. The second-order valence-corrected chi connectivity index (χ2v) is 4.76. The van der Waals surface area contributed by atoms with Crippen LogP contribution in [0.3, 0.4) is 0 Å². The predicted molar refractivity (Wildman–Crippen MR) is 44.2 cm³/mol. The number of Topliss-reactive ketones (excluding diaryl/α,β-unsaturated/α-hetero) is 1. The number of hydrogen-bond donors (Lipinski definition) is 0. The summed E-state index contributed by atoms with van der Waals surface area (Å²) in [4.78, 5) is 11.3. The number of fused-ring (bicyclic) bond motifs is 1.